The maximum atomic E-state index is 12.2. The predicted octanol–water partition coefficient (Wildman–Crippen LogP) is 2.84. The zero-order chi connectivity index (χ0) is 14.2. The van der Waals surface area contributed by atoms with Crippen molar-refractivity contribution in [2.45, 2.75) is 19.9 Å². The minimum Gasteiger partial charge on any atom is -0.322 e. The lowest BCUT2D eigenvalue weighted by Crippen LogP contribution is -2.53. The number of hydrogen-bond acceptors (Lipinski definition) is 2. The summed E-state index contributed by atoms with van der Waals surface area (Å²) in [4.78, 5) is 25.7. The van der Waals surface area contributed by atoms with Crippen LogP contribution in [0.1, 0.15) is 13.8 Å². The first-order valence-electron chi connectivity index (χ1n) is 6.01. The molecule has 0 bridgehead atoms. The summed E-state index contributed by atoms with van der Waals surface area (Å²) in [6.45, 7) is 7.29. The topological polar surface area (TPSA) is 49.4 Å². The fourth-order valence-corrected chi connectivity index (χ4v) is 2.42. The Hall–Kier alpha value is -1.81. The van der Waals surface area contributed by atoms with Gasteiger partial charge in [-0.15, -0.1) is 0 Å². The molecule has 1 atom stereocenters. The van der Waals surface area contributed by atoms with Crippen molar-refractivity contribution in [3.63, 3.8) is 0 Å². The number of hydrogen-bond donors (Lipinski definition) is 1. The zero-order valence-corrected chi connectivity index (χ0v) is 11.6. The van der Waals surface area contributed by atoms with Crippen LogP contribution < -0.4 is 10.2 Å². The van der Waals surface area contributed by atoms with E-state index in [1.165, 1.54) is 11.0 Å². The lowest BCUT2D eigenvalue weighted by atomic mass is 9.97. The molecule has 0 aromatic heterocycles. The van der Waals surface area contributed by atoms with Crippen molar-refractivity contribution < 1.29 is 9.59 Å². The minimum atomic E-state index is -0.542. The molecule has 1 aliphatic heterocycles. The molecule has 0 saturated carbocycles. The van der Waals surface area contributed by atoms with E-state index in [0.29, 0.717) is 16.4 Å². The highest BCUT2D eigenvalue weighted by Crippen LogP contribution is 2.36. The van der Waals surface area contributed by atoms with Crippen LogP contribution in [0, 0.1) is 5.92 Å². The number of benzene rings is 1. The summed E-state index contributed by atoms with van der Waals surface area (Å²) in [6, 6.07) is 4.51. The molecule has 0 aliphatic carbocycles. The van der Waals surface area contributed by atoms with E-state index in [2.05, 4.69) is 11.9 Å². The number of halogens is 1. The van der Waals surface area contributed by atoms with Crippen LogP contribution in [0.3, 0.4) is 0 Å². The number of carbonyl (C=O) groups excluding carboxylic acids is 2. The second-order valence-electron chi connectivity index (χ2n) is 4.75. The molecule has 1 aliphatic rings. The van der Waals surface area contributed by atoms with Gasteiger partial charge in [0.05, 0.1) is 11.4 Å². The number of nitrogens with one attached hydrogen (secondary N) is 1. The first kappa shape index (κ1) is 13.6. The third kappa shape index (κ3) is 2.36. The van der Waals surface area contributed by atoms with Crippen molar-refractivity contribution in [1.82, 2.24) is 0 Å². The maximum Gasteiger partial charge on any atom is 0.251 e. The van der Waals surface area contributed by atoms with E-state index in [0.717, 1.165) is 0 Å². The third-order valence-corrected chi connectivity index (χ3v) is 3.30. The molecule has 1 aromatic rings. The van der Waals surface area contributed by atoms with Crippen LogP contribution in [0.15, 0.2) is 30.9 Å². The smallest absolute Gasteiger partial charge is 0.251 e. The molecule has 5 heteroatoms. The Balaban J connectivity index is 2.58. The lowest BCUT2D eigenvalue weighted by molar-refractivity contribution is -0.122. The number of fused-ring (bicyclic) bond motifs is 1. The Morgan fingerprint density at radius 2 is 2.21 bits per heavy atom. The van der Waals surface area contributed by atoms with Crippen molar-refractivity contribution >= 4 is 34.8 Å². The fourth-order valence-electron chi connectivity index (χ4n) is 2.25. The number of amides is 2. The van der Waals surface area contributed by atoms with Crippen LogP contribution in [0.5, 0.6) is 0 Å². The van der Waals surface area contributed by atoms with Gasteiger partial charge in [-0.25, -0.2) is 0 Å². The van der Waals surface area contributed by atoms with Crippen LogP contribution >= 0.6 is 11.6 Å². The van der Waals surface area contributed by atoms with Gasteiger partial charge in [0.15, 0.2) is 0 Å². The van der Waals surface area contributed by atoms with Crippen molar-refractivity contribution in [2.24, 2.45) is 5.92 Å². The third-order valence-electron chi connectivity index (χ3n) is 3.07. The molecular weight excluding hydrogens is 264 g/mol. The second kappa shape index (κ2) is 5.05. The number of anilines is 2. The van der Waals surface area contributed by atoms with Crippen LogP contribution in [0.4, 0.5) is 11.4 Å². The SMILES string of the molecule is C=CC(=O)N1c2ccc(Cl)cc2NC(=O)C1C(C)C. The quantitative estimate of drug-likeness (QED) is 0.846. The van der Waals surface area contributed by atoms with Gasteiger partial charge in [-0.05, 0) is 30.2 Å². The maximum absolute atomic E-state index is 12.2. The van der Waals surface area contributed by atoms with Gasteiger partial charge in [-0.3, -0.25) is 14.5 Å². The van der Waals surface area contributed by atoms with Crippen LogP contribution in [0.25, 0.3) is 0 Å². The molecule has 1 N–H and O–H groups in total. The number of rotatable bonds is 2. The summed E-state index contributed by atoms with van der Waals surface area (Å²) in [5.41, 5.74) is 1.19. The molecule has 0 spiro atoms. The largest absolute Gasteiger partial charge is 0.322 e. The Labute approximate surface area is 117 Å². The molecule has 0 fully saturated rings. The van der Waals surface area contributed by atoms with Crippen molar-refractivity contribution in [1.29, 1.82) is 0 Å². The average molecular weight is 279 g/mol. The van der Waals surface area contributed by atoms with Crippen LogP contribution in [-0.2, 0) is 9.59 Å². The Morgan fingerprint density at radius 1 is 1.53 bits per heavy atom. The average Bonchev–Trinajstić information content (AvgIpc) is 2.35. The summed E-state index contributed by atoms with van der Waals surface area (Å²) >= 11 is 5.91. The molecule has 100 valence electrons. The van der Waals surface area contributed by atoms with Gasteiger partial charge in [0.2, 0.25) is 5.91 Å². The number of nitrogens with zero attached hydrogens (tertiary/aromatic N) is 1. The van der Waals surface area contributed by atoms with Gasteiger partial charge < -0.3 is 5.32 Å². The van der Waals surface area contributed by atoms with Gasteiger partial charge in [0.25, 0.3) is 5.91 Å². The van der Waals surface area contributed by atoms with Gasteiger partial charge in [-0.2, -0.15) is 0 Å². The Kier molecular flexibility index (Phi) is 3.62. The molecule has 1 aromatic carbocycles. The molecule has 2 amide bonds. The first-order valence-corrected chi connectivity index (χ1v) is 6.39. The highest BCUT2D eigenvalue weighted by molar-refractivity contribution is 6.31. The molecule has 19 heavy (non-hydrogen) atoms. The summed E-state index contributed by atoms with van der Waals surface area (Å²) in [6.07, 6.45) is 1.21. The Bertz CT molecular complexity index is 554. The van der Waals surface area contributed by atoms with E-state index in [9.17, 15) is 9.59 Å². The van der Waals surface area contributed by atoms with Gasteiger partial charge in [-0.1, -0.05) is 32.0 Å². The standard InChI is InChI=1S/C14H15ClN2O2/c1-4-12(18)17-11-6-5-9(15)7-10(11)16-14(19)13(17)8(2)3/h4-8,13H,1H2,2-3H3,(H,16,19). The molecule has 0 saturated heterocycles. The molecule has 0 radical (unpaired) electrons. The molecular formula is C14H15ClN2O2. The van der Waals surface area contributed by atoms with E-state index >= 15 is 0 Å². The van der Waals surface area contributed by atoms with E-state index in [-0.39, 0.29) is 17.7 Å². The highest BCUT2D eigenvalue weighted by Gasteiger charge is 2.37. The molecule has 1 heterocycles. The zero-order valence-electron chi connectivity index (χ0n) is 10.8. The van der Waals surface area contributed by atoms with Gasteiger partial charge >= 0.3 is 0 Å². The van der Waals surface area contributed by atoms with Crippen molar-refractivity contribution in [3.8, 4) is 0 Å². The van der Waals surface area contributed by atoms with Crippen molar-refractivity contribution in [3.05, 3.63) is 35.9 Å². The van der Waals surface area contributed by atoms with E-state index in [1.807, 2.05) is 13.8 Å². The number of carbonyl (C=O) groups is 2. The Morgan fingerprint density at radius 3 is 2.79 bits per heavy atom. The highest BCUT2D eigenvalue weighted by atomic mass is 35.5. The molecule has 4 nitrogen and oxygen atoms in total. The summed E-state index contributed by atoms with van der Waals surface area (Å²) in [5.74, 6) is -0.509. The van der Waals surface area contributed by atoms with Crippen LogP contribution in [0.2, 0.25) is 5.02 Å². The fraction of sp³-hybridized carbons (Fsp3) is 0.286. The van der Waals surface area contributed by atoms with E-state index in [4.69, 9.17) is 11.6 Å². The lowest BCUT2D eigenvalue weighted by Gasteiger charge is -2.37. The van der Waals surface area contributed by atoms with E-state index in [1.54, 1.807) is 18.2 Å². The minimum absolute atomic E-state index is 0.00673. The van der Waals surface area contributed by atoms with Crippen molar-refractivity contribution in [2.75, 3.05) is 10.2 Å². The normalized spacial score (nSPS) is 18.0. The van der Waals surface area contributed by atoms with Crippen LogP contribution in [-0.4, -0.2) is 17.9 Å². The van der Waals surface area contributed by atoms with Gasteiger partial charge in [0, 0.05) is 5.02 Å². The molecule has 1 unspecified atom stereocenters. The van der Waals surface area contributed by atoms with Gasteiger partial charge in [0.1, 0.15) is 6.04 Å². The van der Waals surface area contributed by atoms with E-state index < -0.39 is 6.04 Å². The monoisotopic (exact) mass is 278 g/mol. The summed E-state index contributed by atoms with van der Waals surface area (Å²) in [7, 11) is 0. The first-order chi connectivity index (χ1) is 8.95. The molecule has 2 rings (SSSR count). The summed E-state index contributed by atoms with van der Waals surface area (Å²) in [5, 5.41) is 3.30. The second-order valence-corrected chi connectivity index (χ2v) is 5.19. The predicted molar refractivity (Wildman–Crippen MR) is 76.4 cm³/mol. The summed E-state index contributed by atoms with van der Waals surface area (Å²) < 4.78 is 0.